The van der Waals surface area contributed by atoms with Gasteiger partial charge in [-0.3, -0.25) is 14.5 Å². The molecule has 0 amide bonds. The molecule has 58 heavy (non-hydrogen) atoms. The van der Waals surface area contributed by atoms with Crippen molar-refractivity contribution in [1.29, 1.82) is 0 Å². The van der Waals surface area contributed by atoms with E-state index in [4.69, 9.17) is 37.7 Å². The SMILES string of the molecule is COc1cccc2c1C(=O)C(N1CCc3nc(-c4ccccc4Cl)[nH]c3C1)CC2.COc1cccc2c1CC(=O)CC2.Clc1ccccc1-c1nc2c([nH]1)CNCC2. The maximum absolute atomic E-state index is 13.3. The normalized spacial score (nSPS) is 17.0. The molecule has 12 heteroatoms. The number of nitrogens with one attached hydrogen (secondary N) is 3. The molecule has 4 aliphatic rings. The maximum Gasteiger partial charge on any atom is 0.183 e. The van der Waals surface area contributed by atoms with Crippen LogP contribution in [0.1, 0.15) is 62.7 Å². The molecule has 0 radical (unpaired) electrons. The minimum absolute atomic E-state index is 0.126. The van der Waals surface area contributed by atoms with Gasteiger partial charge < -0.3 is 24.8 Å². The summed E-state index contributed by atoms with van der Waals surface area (Å²) < 4.78 is 10.7. The zero-order valence-corrected chi connectivity index (χ0v) is 34.2. The van der Waals surface area contributed by atoms with E-state index in [9.17, 15) is 9.59 Å². The zero-order chi connectivity index (χ0) is 40.2. The highest BCUT2D eigenvalue weighted by atomic mass is 35.5. The highest BCUT2D eigenvalue weighted by Gasteiger charge is 2.36. The second-order valence-corrected chi connectivity index (χ2v) is 15.7. The Labute approximate surface area is 348 Å². The molecule has 4 aromatic carbocycles. The Balaban J connectivity index is 0.000000136. The van der Waals surface area contributed by atoms with Gasteiger partial charge in [0.05, 0.1) is 58.6 Å². The van der Waals surface area contributed by atoms with Crippen molar-refractivity contribution in [3.63, 3.8) is 0 Å². The number of rotatable bonds is 5. The number of hydrogen-bond donors (Lipinski definition) is 3. The molecule has 0 fully saturated rings. The fourth-order valence-electron chi connectivity index (χ4n) is 8.33. The van der Waals surface area contributed by atoms with E-state index in [0.717, 1.165) is 119 Å². The Bertz CT molecular complexity index is 2410. The molecule has 3 N–H and O–H groups in total. The molecular formula is C46H46Cl2N6O4. The van der Waals surface area contributed by atoms with Crippen LogP contribution in [0.3, 0.4) is 0 Å². The first-order valence-corrected chi connectivity index (χ1v) is 20.5. The van der Waals surface area contributed by atoms with Crippen LogP contribution in [0.15, 0.2) is 84.9 Å². The molecule has 0 bridgehead atoms. The van der Waals surface area contributed by atoms with E-state index in [1.165, 1.54) is 11.3 Å². The Kier molecular flexibility index (Phi) is 12.1. The van der Waals surface area contributed by atoms with Crippen molar-refractivity contribution in [1.82, 2.24) is 30.2 Å². The van der Waals surface area contributed by atoms with Crippen LogP contribution in [0, 0.1) is 0 Å². The minimum Gasteiger partial charge on any atom is -0.496 e. The van der Waals surface area contributed by atoms with Gasteiger partial charge in [-0.15, -0.1) is 0 Å². The first kappa shape index (κ1) is 39.6. The van der Waals surface area contributed by atoms with Gasteiger partial charge in [-0.2, -0.15) is 0 Å². The van der Waals surface area contributed by atoms with Crippen LogP contribution in [0.4, 0.5) is 0 Å². The molecule has 6 aromatic rings. The number of methoxy groups -OCH3 is 2. The number of nitrogens with zero attached hydrogens (tertiary/aromatic N) is 3. The quantitative estimate of drug-likeness (QED) is 0.159. The third kappa shape index (κ3) is 8.33. The highest BCUT2D eigenvalue weighted by Crippen LogP contribution is 2.35. The monoisotopic (exact) mass is 816 g/mol. The molecule has 2 aliphatic carbocycles. The number of aromatic nitrogens is 4. The van der Waals surface area contributed by atoms with Gasteiger partial charge in [0.25, 0.3) is 0 Å². The molecule has 0 saturated heterocycles. The van der Waals surface area contributed by atoms with Crippen molar-refractivity contribution in [3.05, 3.63) is 140 Å². The summed E-state index contributed by atoms with van der Waals surface area (Å²) in [4.78, 5) is 43.0. The summed E-state index contributed by atoms with van der Waals surface area (Å²) in [5, 5.41) is 4.74. The number of carbonyl (C=O) groups excluding carboxylic acids is 2. The van der Waals surface area contributed by atoms with Gasteiger partial charge in [0.1, 0.15) is 28.9 Å². The van der Waals surface area contributed by atoms with E-state index in [1.807, 2.05) is 78.9 Å². The van der Waals surface area contributed by atoms with E-state index >= 15 is 0 Å². The lowest BCUT2D eigenvalue weighted by molar-refractivity contribution is -0.118. The molecular weight excluding hydrogens is 771 g/mol. The van der Waals surface area contributed by atoms with Crippen molar-refractivity contribution in [2.45, 2.75) is 64.1 Å². The van der Waals surface area contributed by atoms with Crippen LogP contribution in [-0.2, 0) is 50.0 Å². The number of Topliss-reactive ketones (excluding diaryl/α,β-unsaturated/α-hetero) is 2. The summed E-state index contributed by atoms with van der Waals surface area (Å²) in [6.07, 6.45) is 5.61. The van der Waals surface area contributed by atoms with E-state index in [1.54, 1.807) is 14.2 Å². The van der Waals surface area contributed by atoms with Crippen molar-refractivity contribution in [2.24, 2.45) is 0 Å². The molecule has 10 rings (SSSR count). The number of carbonyl (C=O) groups is 2. The molecule has 1 atom stereocenters. The van der Waals surface area contributed by atoms with Gasteiger partial charge in [-0.05, 0) is 66.8 Å². The van der Waals surface area contributed by atoms with Crippen molar-refractivity contribution < 1.29 is 19.1 Å². The zero-order valence-electron chi connectivity index (χ0n) is 32.7. The predicted molar refractivity (Wildman–Crippen MR) is 227 cm³/mol. The number of aromatic amines is 2. The van der Waals surface area contributed by atoms with E-state index in [-0.39, 0.29) is 11.8 Å². The number of imidazole rings is 2. The van der Waals surface area contributed by atoms with Gasteiger partial charge in [0.2, 0.25) is 0 Å². The first-order valence-electron chi connectivity index (χ1n) is 19.8. The van der Waals surface area contributed by atoms with Gasteiger partial charge >= 0.3 is 0 Å². The van der Waals surface area contributed by atoms with Crippen molar-refractivity contribution in [2.75, 3.05) is 27.3 Å². The number of ketones is 2. The second kappa shape index (κ2) is 17.7. The summed E-state index contributed by atoms with van der Waals surface area (Å²) in [5.74, 6) is 3.68. The number of aryl methyl sites for hydroxylation is 2. The summed E-state index contributed by atoms with van der Waals surface area (Å²) in [6, 6.07) is 27.2. The standard InChI is InChI=1S/C23H22ClN3O2.C12H12ClN3.C11H12O2/c1-29-20-8-4-5-14-9-10-19(22(28)21(14)20)27-12-11-17-18(13-27)26-23(25-17)15-6-2-3-7-16(15)24;13-9-4-2-1-3-8(9)12-15-10-5-6-14-7-11(10)16-12;1-13-11-4-2-3-8-5-6-9(12)7-10(8)11/h2-8,19H,9-13H2,1H3,(H,25,26);1-4,14H,5-7H2,(H,15,16);2-4H,5-7H2,1H3. The third-order valence-electron chi connectivity index (χ3n) is 11.3. The summed E-state index contributed by atoms with van der Waals surface area (Å²) in [7, 11) is 3.27. The lowest BCUT2D eigenvalue weighted by Crippen LogP contribution is -2.46. The molecule has 298 valence electrons. The number of ether oxygens (including phenoxy) is 2. The van der Waals surface area contributed by atoms with Gasteiger partial charge in [0.15, 0.2) is 5.78 Å². The van der Waals surface area contributed by atoms with Crippen molar-refractivity contribution >= 4 is 34.8 Å². The van der Waals surface area contributed by atoms with Gasteiger partial charge in [-0.1, -0.05) is 71.7 Å². The minimum atomic E-state index is -0.126. The Hall–Kier alpha value is -5.26. The maximum atomic E-state index is 13.3. The topological polar surface area (TPSA) is 125 Å². The van der Waals surface area contributed by atoms with Crippen molar-refractivity contribution in [3.8, 4) is 34.3 Å². The van der Waals surface area contributed by atoms with Gasteiger partial charge in [-0.25, -0.2) is 9.97 Å². The molecule has 0 saturated carbocycles. The van der Waals surface area contributed by atoms with Crippen LogP contribution in [0.2, 0.25) is 10.0 Å². The average Bonchev–Trinajstić information content (AvgIpc) is 3.89. The lowest BCUT2D eigenvalue weighted by Gasteiger charge is -2.36. The number of hydrogen-bond acceptors (Lipinski definition) is 8. The van der Waals surface area contributed by atoms with Crippen LogP contribution in [0.5, 0.6) is 11.5 Å². The van der Waals surface area contributed by atoms with Gasteiger partial charge in [0, 0.05) is 68.6 Å². The summed E-state index contributed by atoms with van der Waals surface area (Å²) in [5.41, 5.74) is 10.5. The van der Waals surface area contributed by atoms with E-state index < -0.39 is 0 Å². The largest absolute Gasteiger partial charge is 0.496 e. The fraction of sp³-hybridized carbons (Fsp3) is 0.304. The van der Waals surface area contributed by atoms with Crippen LogP contribution < -0.4 is 14.8 Å². The van der Waals surface area contributed by atoms with Crippen LogP contribution >= 0.6 is 23.2 Å². The Morgan fingerprint density at radius 1 is 0.690 bits per heavy atom. The molecule has 2 aromatic heterocycles. The summed E-state index contributed by atoms with van der Waals surface area (Å²) >= 11 is 12.5. The molecule has 4 heterocycles. The van der Waals surface area contributed by atoms with Crippen LogP contribution in [-0.4, -0.2) is 69.8 Å². The average molecular weight is 818 g/mol. The lowest BCUT2D eigenvalue weighted by atomic mass is 9.85. The second-order valence-electron chi connectivity index (χ2n) is 14.9. The third-order valence-corrected chi connectivity index (χ3v) is 12.0. The predicted octanol–water partition coefficient (Wildman–Crippen LogP) is 8.42. The highest BCUT2D eigenvalue weighted by molar-refractivity contribution is 6.33. The van der Waals surface area contributed by atoms with Crippen LogP contribution in [0.25, 0.3) is 22.8 Å². The molecule has 1 unspecified atom stereocenters. The summed E-state index contributed by atoms with van der Waals surface area (Å²) in [6.45, 7) is 3.38. The number of benzene rings is 4. The smallest absolute Gasteiger partial charge is 0.183 e. The fourth-order valence-corrected chi connectivity index (χ4v) is 8.78. The molecule has 10 nitrogen and oxygen atoms in total. The van der Waals surface area contributed by atoms with E-state index in [0.29, 0.717) is 35.9 Å². The molecule has 2 aliphatic heterocycles. The first-order chi connectivity index (χ1) is 28.3. The number of halogens is 2. The number of H-pyrrole nitrogens is 2. The van der Waals surface area contributed by atoms with E-state index in [2.05, 4.69) is 31.2 Å². The number of fused-ring (bicyclic) bond motifs is 4. The molecule has 0 spiro atoms. The Morgan fingerprint density at radius 3 is 2.00 bits per heavy atom. The Morgan fingerprint density at radius 2 is 1.33 bits per heavy atom.